The number of amides is 1. The molecule has 1 aromatic heterocycles. The maximum Gasteiger partial charge on any atom is 0.269 e. The first-order valence-corrected chi connectivity index (χ1v) is 7.63. The van der Waals surface area contributed by atoms with Crippen molar-refractivity contribution in [2.24, 2.45) is 5.92 Å². The molecule has 0 aliphatic heterocycles. The molecule has 1 aliphatic rings. The summed E-state index contributed by atoms with van der Waals surface area (Å²) in [5, 5.41) is 11.5. The van der Waals surface area contributed by atoms with Crippen molar-refractivity contribution in [2.75, 3.05) is 13.2 Å². The van der Waals surface area contributed by atoms with E-state index in [4.69, 9.17) is 5.11 Å². The molecule has 112 valence electrons. The average molecular weight is 286 g/mol. The topological polar surface area (TPSA) is 62.2 Å². The summed E-state index contributed by atoms with van der Waals surface area (Å²) in [7, 11) is 0. The number of aliphatic hydroxyl groups is 1. The zero-order valence-corrected chi connectivity index (χ0v) is 12.3. The number of carbonyl (C=O) groups excluding carboxylic acids is 1. The van der Waals surface area contributed by atoms with Crippen molar-refractivity contribution in [1.29, 1.82) is 0 Å². The second-order valence-corrected chi connectivity index (χ2v) is 5.44. The Morgan fingerprint density at radius 1 is 1.33 bits per heavy atom. The summed E-state index contributed by atoms with van der Waals surface area (Å²) < 4.78 is 0. The Morgan fingerprint density at radius 2 is 2.14 bits per heavy atom. The number of nitrogens with one attached hydrogen (secondary N) is 1. The molecule has 0 unspecified atom stereocenters. The molecule has 1 heterocycles. The molecule has 1 amide bonds. The van der Waals surface area contributed by atoms with E-state index in [1.54, 1.807) is 18.3 Å². The van der Waals surface area contributed by atoms with Crippen LogP contribution < -0.4 is 5.32 Å². The van der Waals surface area contributed by atoms with E-state index in [-0.39, 0.29) is 12.5 Å². The van der Waals surface area contributed by atoms with E-state index in [1.807, 2.05) is 0 Å². The van der Waals surface area contributed by atoms with Gasteiger partial charge in [-0.1, -0.05) is 43.9 Å². The van der Waals surface area contributed by atoms with Gasteiger partial charge < -0.3 is 10.4 Å². The van der Waals surface area contributed by atoms with Crippen molar-refractivity contribution < 1.29 is 9.90 Å². The van der Waals surface area contributed by atoms with Crippen molar-refractivity contribution in [1.82, 2.24) is 10.3 Å². The molecule has 0 spiro atoms. The average Bonchev–Trinajstić information content (AvgIpc) is 2.54. The molecule has 0 bridgehead atoms. The van der Waals surface area contributed by atoms with Crippen LogP contribution in [0.4, 0.5) is 0 Å². The number of aliphatic hydroxyl groups excluding tert-OH is 1. The van der Waals surface area contributed by atoms with Gasteiger partial charge in [0, 0.05) is 18.3 Å². The van der Waals surface area contributed by atoms with E-state index < -0.39 is 0 Å². The van der Waals surface area contributed by atoms with Crippen LogP contribution in [0.3, 0.4) is 0 Å². The van der Waals surface area contributed by atoms with Crippen LogP contribution in [0.25, 0.3) is 0 Å². The van der Waals surface area contributed by atoms with Crippen molar-refractivity contribution in [2.45, 2.75) is 38.5 Å². The summed E-state index contributed by atoms with van der Waals surface area (Å²) in [6.07, 6.45) is 9.23. The number of nitrogens with zero attached hydrogens (tertiary/aromatic N) is 1. The summed E-state index contributed by atoms with van der Waals surface area (Å²) in [6, 6.07) is 3.41. The number of rotatable bonds is 4. The van der Waals surface area contributed by atoms with E-state index >= 15 is 0 Å². The van der Waals surface area contributed by atoms with Crippen LogP contribution in [0.15, 0.2) is 18.3 Å². The van der Waals surface area contributed by atoms with Gasteiger partial charge in [-0.05, 0) is 24.5 Å². The maximum atomic E-state index is 12.0. The van der Waals surface area contributed by atoms with Gasteiger partial charge in [0.15, 0.2) is 0 Å². The third-order valence-electron chi connectivity index (χ3n) is 3.87. The number of aromatic nitrogens is 1. The van der Waals surface area contributed by atoms with E-state index in [2.05, 4.69) is 22.1 Å². The van der Waals surface area contributed by atoms with E-state index in [9.17, 15) is 4.79 Å². The normalized spacial score (nSPS) is 15.1. The molecule has 0 radical (unpaired) electrons. The highest BCUT2D eigenvalue weighted by molar-refractivity contribution is 5.92. The molecule has 1 fully saturated rings. The highest BCUT2D eigenvalue weighted by Crippen LogP contribution is 2.25. The van der Waals surface area contributed by atoms with Crippen LogP contribution in [0.5, 0.6) is 0 Å². The van der Waals surface area contributed by atoms with Gasteiger partial charge in [0.1, 0.15) is 12.3 Å². The molecule has 4 heteroatoms. The minimum atomic E-state index is -0.177. The third kappa shape index (κ3) is 5.20. The predicted octanol–water partition coefficient (Wildman–Crippen LogP) is 2.13. The summed E-state index contributed by atoms with van der Waals surface area (Å²) in [6.45, 7) is 0.542. The summed E-state index contributed by atoms with van der Waals surface area (Å²) in [5.74, 6) is 5.94. The zero-order valence-electron chi connectivity index (χ0n) is 12.3. The molecular weight excluding hydrogens is 264 g/mol. The first kappa shape index (κ1) is 15.5. The fraction of sp³-hybridized carbons (Fsp3) is 0.529. The minimum absolute atomic E-state index is 0.132. The van der Waals surface area contributed by atoms with Gasteiger partial charge in [-0.15, -0.1) is 0 Å². The maximum absolute atomic E-state index is 12.0. The Labute approximate surface area is 126 Å². The lowest BCUT2D eigenvalue weighted by molar-refractivity contribution is 0.0945. The first-order valence-electron chi connectivity index (χ1n) is 7.63. The highest BCUT2D eigenvalue weighted by Gasteiger charge is 2.13. The van der Waals surface area contributed by atoms with Crippen molar-refractivity contribution >= 4 is 5.91 Å². The molecular formula is C17H22N2O2. The van der Waals surface area contributed by atoms with Crippen LogP contribution in [-0.4, -0.2) is 29.1 Å². The van der Waals surface area contributed by atoms with Crippen LogP contribution in [0, 0.1) is 17.8 Å². The van der Waals surface area contributed by atoms with Crippen molar-refractivity contribution in [3.05, 3.63) is 29.6 Å². The number of carbonyl (C=O) groups is 1. The largest absolute Gasteiger partial charge is 0.384 e. The smallest absolute Gasteiger partial charge is 0.269 e. The van der Waals surface area contributed by atoms with Crippen molar-refractivity contribution in [3.63, 3.8) is 0 Å². The van der Waals surface area contributed by atoms with Crippen LogP contribution in [0.1, 0.15) is 54.6 Å². The lowest BCUT2D eigenvalue weighted by Crippen LogP contribution is -2.27. The van der Waals surface area contributed by atoms with E-state index in [0.29, 0.717) is 11.3 Å². The van der Waals surface area contributed by atoms with Gasteiger partial charge >= 0.3 is 0 Å². The van der Waals surface area contributed by atoms with Gasteiger partial charge in [-0.2, -0.15) is 0 Å². The summed E-state index contributed by atoms with van der Waals surface area (Å²) in [4.78, 5) is 16.1. The van der Waals surface area contributed by atoms with Gasteiger partial charge in [-0.3, -0.25) is 4.79 Å². The molecule has 0 aromatic carbocycles. The second-order valence-electron chi connectivity index (χ2n) is 5.44. The summed E-state index contributed by atoms with van der Waals surface area (Å²) >= 11 is 0. The van der Waals surface area contributed by atoms with Crippen LogP contribution >= 0.6 is 0 Å². The Balaban J connectivity index is 1.77. The van der Waals surface area contributed by atoms with Gasteiger partial charge in [-0.25, -0.2) is 4.98 Å². The highest BCUT2D eigenvalue weighted by atomic mass is 16.2. The summed E-state index contributed by atoms with van der Waals surface area (Å²) in [5.41, 5.74) is 1.11. The van der Waals surface area contributed by atoms with E-state index in [0.717, 1.165) is 18.9 Å². The fourth-order valence-electron chi connectivity index (χ4n) is 2.70. The standard InChI is InChI=1S/C17H22N2O2/c20-12-4-7-15-8-9-16(19-13-15)17(21)18-11-10-14-5-2-1-3-6-14/h8-9,13-14,20H,1-3,5-6,10-12H2,(H,18,21). The molecule has 0 saturated heterocycles. The molecule has 4 nitrogen and oxygen atoms in total. The molecule has 21 heavy (non-hydrogen) atoms. The zero-order chi connectivity index (χ0) is 14.9. The van der Waals surface area contributed by atoms with Crippen molar-refractivity contribution in [3.8, 4) is 11.8 Å². The Kier molecular flexibility index (Phi) is 6.23. The molecule has 2 rings (SSSR count). The fourth-order valence-corrected chi connectivity index (χ4v) is 2.70. The Morgan fingerprint density at radius 3 is 2.81 bits per heavy atom. The van der Waals surface area contributed by atoms with E-state index in [1.165, 1.54) is 32.1 Å². The van der Waals surface area contributed by atoms with Gasteiger partial charge in [0.25, 0.3) is 5.91 Å². The van der Waals surface area contributed by atoms with Crippen LogP contribution in [-0.2, 0) is 0 Å². The van der Waals surface area contributed by atoms with Crippen LogP contribution in [0.2, 0.25) is 0 Å². The lowest BCUT2D eigenvalue weighted by atomic mass is 9.87. The van der Waals surface area contributed by atoms with Gasteiger partial charge in [0.2, 0.25) is 0 Å². The predicted molar refractivity (Wildman–Crippen MR) is 81.7 cm³/mol. The minimum Gasteiger partial charge on any atom is -0.384 e. The molecule has 2 N–H and O–H groups in total. The number of hydrogen-bond acceptors (Lipinski definition) is 3. The Bertz CT molecular complexity index is 508. The third-order valence-corrected chi connectivity index (χ3v) is 3.87. The van der Waals surface area contributed by atoms with Gasteiger partial charge in [0.05, 0.1) is 0 Å². The quantitative estimate of drug-likeness (QED) is 0.833. The number of hydrogen-bond donors (Lipinski definition) is 2. The monoisotopic (exact) mass is 286 g/mol. The molecule has 1 aliphatic carbocycles. The number of pyridine rings is 1. The molecule has 0 atom stereocenters. The molecule has 1 saturated carbocycles. The second kappa shape index (κ2) is 8.43. The Hall–Kier alpha value is -1.86. The SMILES string of the molecule is O=C(NCCC1CCCCC1)c1ccc(C#CCO)cn1. The lowest BCUT2D eigenvalue weighted by Gasteiger charge is -2.21. The first-order chi connectivity index (χ1) is 10.3. The molecule has 1 aromatic rings.